The third-order valence-electron chi connectivity index (χ3n) is 2.58. The quantitative estimate of drug-likeness (QED) is 0.842. The maximum absolute atomic E-state index is 12.4. The Morgan fingerprint density at radius 2 is 2.15 bits per heavy atom. The highest BCUT2D eigenvalue weighted by molar-refractivity contribution is 6.31. The van der Waals surface area contributed by atoms with Gasteiger partial charge in [-0.3, -0.25) is 4.79 Å². The van der Waals surface area contributed by atoms with Crippen LogP contribution in [0.3, 0.4) is 0 Å². The van der Waals surface area contributed by atoms with Crippen molar-refractivity contribution in [3.8, 4) is 5.75 Å². The molecule has 0 bridgehead atoms. The first-order chi connectivity index (χ1) is 9.35. The van der Waals surface area contributed by atoms with Crippen molar-refractivity contribution in [2.24, 2.45) is 0 Å². The van der Waals surface area contributed by atoms with Crippen LogP contribution in [0.2, 0.25) is 5.02 Å². The van der Waals surface area contributed by atoms with E-state index in [1.807, 2.05) is 5.32 Å². The van der Waals surface area contributed by atoms with E-state index >= 15 is 0 Å². The molecule has 1 aromatic rings. The van der Waals surface area contributed by atoms with Gasteiger partial charge in [0.15, 0.2) is 12.1 Å². The predicted molar refractivity (Wildman–Crippen MR) is 71.8 cm³/mol. The zero-order valence-electron chi connectivity index (χ0n) is 11.0. The summed E-state index contributed by atoms with van der Waals surface area (Å²) in [6.45, 7) is 2.04. The number of hydrogen-bond acceptors (Lipinski definition) is 3. The van der Waals surface area contributed by atoms with Crippen LogP contribution < -0.4 is 10.1 Å². The molecule has 1 aromatic carbocycles. The van der Waals surface area contributed by atoms with E-state index in [-0.39, 0.29) is 0 Å². The largest absolute Gasteiger partial charge is 0.481 e. The standard InChI is InChI=1S/C13H15ClFNO4/c1-7-5-9(3-4-10(7)14)20-8(2)12(17)16-11(6-15)13(18)19/h3-5,8,11H,6H2,1-2H3,(H,16,17)(H,18,19). The van der Waals surface area contributed by atoms with Gasteiger partial charge in [-0.25, -0.2) is 9.18 Å². The fourth-order valence-electron chi connectivity index (χ4n) is 1.40. The second kappa shape index (κ2) is 7.09. The van der Waals surface area contributed by atoms with Crippen molar-refractivity contribution < 1.29 is 23.8 Å². The number of alkyl halides is 1. The Balaban J connectivity index is 2.65. The maximum Gasteiger partial charge on any atom is 0.328 e. The van der Waals surface area contributed by atoms with Crippen molar-refractivity contribution in [1.82, 2.24) is 5.32 Å². The average molecular weight is 304 g/mol. The summed E-state index contributed by atoms with van der Waals surface area (Å²) in [5.41, 5.74) is 0.781. The van der Waals surface area contributed by atoms with Gasteiger partial charge in [-0.1, -0.05) is 11.6 Å². The molecule has 2 atom stereocenters. The average Bonchev–Trinajstić information content (AvgIpc) is 2.39. The Morgan fingerprint density at radius 3 is 2.65 bits per heavy atom. The molecule has 0 saturated carbocycles. The van der Waals surface area contributed by atoms with Crippen molar-refractivity contribution in [1.29, 1.82) is 0 Å². The third-order valence-corrected chi connectivity index (χ3v) is 3.00. The molecule has 0 heterocycles. The summed E-state index contributed by atoms with van der Waals surface area (Å²) in [5, 5.41) is 11.3. The minimum Gasteiger partial charge on any atom is -0.481 e. The zero-order valence-corrected chi connectivity index (χ0v) is 11.8. The summed E-state index contributed by atoms with van der Waals surface area (Å²) in [6, 6.07) is 3.29. The lowest BCUT2D eigenvalue weighted by molar-refractivity contribution is -0.143. The molecule has 7 heteroatoms. The Labute approximate surface area is 120 Å². The molecule has 0 aliphatic carbocycles. The van der Waals surface area contributed by atoms with Gasteiger partial charge in [-0.15, -0.1) is 0 Å². The van der Waals surface area contributed by atoms with E-state index in [0.717, 1.165) is 5.56 Å². The number of halogens is 2. The summed E-state index contributed by atoms with van der Waals surface area (Å²) < 4.78 is 17.8. The van der Waals surface area contributed by atoms with Crippen LogP contribution in [-0.2, 0) is 9.59 Å². The number of carboxylic acid groups (broad SMARTS) is 1. The molecule has 20 heavy (non-hydrogen) atoms. The number of benzene rings is 1. The molecule has 0 aliphatic heterocycles. The number of carbonyl (C=O) groups excluding carboxylic acids is 1. The maximum atomic E-state index is 12.4. The second-order valence-electron chi connectivity index (χ2n) is 4.22. The fraction of sp³-hybridized carbons (Fsp3) is 0.385. The second-order valence-corrected chi connectivity index (χ2v) is 4.63. The van der Waals surface area contributed by atoms with E-state index in [9.17, 15) is 14.0 Å². The highest BCUT2D eigenvalue weighted by Gasteiger charge is 2.23. The number of amides is 1. The molecule has 2 N–H and O–H groups in total. The van der Waals surface area contributed by atoms with Crippen molar-refractivity contribution in [2.45, 2.75) is 26.0 Å². The Bertz CT molecular complexity index is 509. The molecule has 1 rings (SSSR count). The third kappa shape index (κ3) is 4.38. The van der Waals surface area contributed by atoms with E-state index < -0.39 is 30.7 Å². The van der Waals surface area contributed by atoms with Gasteiger partial charge >= 0.3 is 5.97 Å². The van der Waals surface area contributed by atoms with Crippen LogP contribution in [0.4, 0.5) is 4.39 Å². The van der Waals surface area contributed by atoms with Gasteiger partial charge < -0.3 is 15.2 Å². The number of rotatable bonds is 6. The molecule has 2 unspecified atom stereocenters. The fourth-order valence-corrected chi connectivity index (χ4v) is 1.52. The molecule has 0 aromatic heterocycles. The number of ether oxygens (including phenoxy) is 1. The summed E-state index contributed by atoms with van der Waals surface area (Å²) >= 11 is 5.86. The highest BCUT2D eigenvalue weighted by atomic mass is 35.5. The van der Waals surface area contributed by atoms with E-state index in [2.05, 4.69) is 0 Å². The van der Waals surface area contributed by atoms with Gasteiger partial charge in [-0.05, 0) is 37.6 Å². The SMILES string of the molecule is Cc1cc(OC(C)C(=O)NC(CF)C(=O)O)ccc1Cl. The predicted octanol–water partition coefficient (Wildman–Crippen LogP) is 1.95. The van der Waals surface area contributed by atoms with Crippen molar-refractivity contribution >= 4 is 23.5 Å². The molecule has 0 aliphatic rings. The number of carboxylic acids is 1. The molecule has 110 valence electrons. The van der Waals surface area contributed by atoms with Gasteiger partial charge in [0.25, 0.3) is 5.91 Å². The Morgan fingerprint density at radius 1 is 1.50 bits per heavy atom. The Kier molecular flexibility index (Phi) is 5.76. The van der Waals surface area contributed by atoms with Crippen LogP contribution in [0.1, 0.15) is 12.5 Å². The van der Waals surface area contributed by atoms with E-state index in [1.54, 1.807) is 25.1 Å². The smallest absolute Gasteiger partial charge is 0.328 e. The van der Waals surface area contributed by atoms with Gasteiger partial charge in [0.1, 0.15) is 12.4 Å². The molecular formula is C13H15ClFNO4. The number of aliphatic carboxylic acids is 1. The molecule has 1 amide bonds. The minimum atomic E-state index is -1.57. The van der Waals surface area contributed by atoms with E-state index in [4.69, 9.17) is 21.4 Å². The van der Waals surface area contributed by atoms with Gasteiger partial charge in [0.2, 0.25) is 0 Å². The van der Waals surface area contributed by atoms with Gasteiger partial charge in [0, 0.05) is 5.02 Å². The lowest BCUT2D eigenvalue weighted by Crippen LogP contribution is -2.47. The van der Waals surface area contributed by atoms with E-state index in [0.29, 0.717) is 10.8 Å². The summed E-state index contributed by atoms with van der Waals surface area (Å²) in [6.07, 6.45) is -0.955. The highest BCUT2D eigenvalue weighted by Crippen LogP contribution is 2.21. The number of hydrogen-bond donors (Lipinski definition) is 2. The molecule has 5 nitrogen and oxygen atoms in total. The first-order valence-electron chi connectivity index (χ1n) is 5.87. The van der Waals surface area contributed by atoms with Crippen LogP contribution in [0, 0.1) is 6.92 Å². The minimum absolute atomic E-state index is 0.418. The molecular weight excluding hydrogens is 289 g/mol. The topological polar surface area (TPSA) is 75.6 Å². The molecule has 0 radical (unpaired) electrons. The Hall–Kier alpha value is -1.82. The lowest BCUT2D eigenvalue weighted by atomic mass is 10.2. The summed E-state index contributed by atoms with van der Waals surface area (Å²) in [7, 11) is 0. The number of carbonyl (C=O) groups is 2. The first-order valence-corrected chi connectivity index (χ1v) is 6.25. The van der Waals surface area contributed by atoms with Gasteiger partial charge in [-0.2, -0.15) is 0 Å². The van der Waals surface area contributed by atoms with Crippen molar-refractivity contribution in [2.75, 3.05) is 6.67 Å². The van der Waals surface area contributed by atoms with Crippen LogP contribution >= 0.6 is 11.6 Å². The first kappa shape index (κ1) is 16.2. The number of nitrogens with one attached hydrogen (secondary N) is 1. The van der Waals surface area contributed by atoms with Crippen LogP contribution in [0.5, 0.6) is 5.75 Å². The summed E-state index contributed by atoms with van der Waals surface area (Å²) in [5.74, 6) is -1.72. The van der Waals surface area contributed by atoms with Crippen LogP contribution in [-0.4, -0.2) is 35.8 Å². The summed E-state index contributed by atoms with van der Waals surface area (Å²) in [4.78, 5) is 22.3. The molecule has 0 spiro atoms. The number of aryl methyl sites for hydroxylation is 1. The van der Waals surface area contributed by atoms with Crippen molar-refractivity contribution in [3.63, 3.8) is 0 Å². The lowest BCUT2D eigenvalue weighted by Gasteiger charge is -2.17. The van der Waals surface area contributed by atoms with Crippen LogP contribution in [0.25, 0.3) is 0 Å². The zero-order chi connectivity index (χ0) is 15.3. The monoisotopic (exact) mass is 303 g/mol. The normalized spacial score (nSPS) is 13.4. The van der Waals surface area contributed by atoms with E-state index in [1.165, 1.54) is 6.92 Å². The van der Waals surface area contributed by atoms with Crippen LogP contribution in [0.15, 0.2) is 18.2 Å². The van der Waals surface area contributed by atoms with Gasteiger partial charge in [0.05, 0.1) is 0 Å². The van der Waals surface area contributed by atoms with Crippen molar-refractivity contribution in [3.05, 3.63) is 28.8 Å². The molecule has 0 fully saturated rings. The molecule has 0 saturated heterocycles.